The molecule has 0 fully saturated rings. The molecule has 0 bridgehead atoms. The van der Waals surface area contributed by atoms with Crippen LogP contribution in [0.3, 0.4) is 0 Å². The molecule has 3 nitrogen and oxygen atoms in total. The molecule has 2 rings (SSSR count). The minimum absolute atomic E-state index is 0.127. The van der Waals surface area contributed by atoms with Gasteiger partial charge in [-0.25, -0.2) is 17.5 Å². The van der Waals surface area contributed by atoms with Crippen LogP contribution in [0.5, 0.6) is 0 Å². The van der Waals surface area contributed by atoms with Gasteiger partial charge in [0.25, 0.3) is 0 Å². The first-order valence-corrected chi connectivity index (χ1v) is 7.57. The lowest BCUT2D eigenvalue weighted by molar-refractivity contribution is 0.590. The van der Waals surface area contributed by atoms with E-state index in [-0.39, 0.29) is 12.4 Å². The Labute approximate surface area is 117 Å². The molecule has 2 aromatic rings. The average molecular weight is 291 g/mol. The van der Waals surface area contributed by atoms with E-state index in [0.717, 1.165) is 11.0 Å². The molecule has 0 aliphatic heterocycles. The van der Waals surface area contributed by atoms with Gasteiger partial charge in [0.1, 0.15) is 5.82 Å². The first kappa shape index (κ1) is 14.4. The molecule has 0 saturated heterocycles. The van der Waals surface area contributed by atoms with E-state index < -0.39 is 10.0 Å². The average Bonchev–Trinajstić information content (AvgIpc) is 2.46. The molecule has 0 aromatic heterocycles. The SMILES string of the molecule is O=S(=O)(/C=C/c1ccccc1)NCc1ccc(F)cc1. The highest BCUT2D eigenvalue weighted by molar-refractivity contribution is 7.92. The predicted molar refractivity (Wildman–Crippen MR) is 77.6 cm³/mol. The van der Waals surface area contributed by atoms with Gasteiger partial charge in [-0.05, 0) is 29.3 Å². The lowest BCUT2D eigenvalue weighted by atomic mass is 10.2. The van der Waals surface area contributed by atoms with Crippen LogP contribution in [-0.4, -0.2) is 8.42 Å². The zero-order chi connectivity index (χ0) is 14.4. The van der Waals surface area contributed by atoms with Crippen LogP contribution in [0.2, 0.25) is 0 Å². The van der Waals surface area contributed by atoms with E-state index in [1.54, 1.807) is 12.1 Å². The molecule has 0 aliphatic rings. The van der Waals surface area contributed by atoms with E-state index in [1.165, 1.54) is 18.2 Å². The van der Waals surface area contributed by atoms with Gasteiger partial charge in [0, 0.05) is 12.0 Å². The maximum absolute atomic E-state index is 12.7. The van der Waals surface area contributed by atoms with E-state index in [1.807, 2.05) is 30.3 Å². The van der Waals surface area contributed by atoms with E-state index >= 15 is 0 Å². The summed E-state index contributed by atoms with van der Waals surface area (Å²) in [5.41, 5.74) is 1.50. The highest BCUT2D eigenvalue weighted by Gasteiger charge is 2.04. The van der Waals surface area contributed by atoms with Crippen molar-refractivity contribution in [1.82, 2.24) is 4.72 Å². The van der Waals surface area contributed by atoms with Gasteiger partial charge in [-0.3, -0.25) is 0 Å². The van der Waals surface area contributed by atoms with Crippen LogP contribution >= 0.6 is 0 Å². The Bertz CT molecular complexity index is 680. The molecular formula is C15H14FNO2S. The number of halogens is 1. The summed E-state index contributed by atoms with van der Waals surface area (Å²) in [5.74, 6) is -0.347. The first-order chi connectivity index (χ1) is 9.55. The van der Waals surface area contributed by atoms with Gasteiger partial charge < -0.3 is 0 Å². The Morgan fingerprint density at radius 2 is 1.65 bits per heavy atom. The normalized spacial score (nSPS) is 11.8. The molecule has 0 saturated carbocycles. The fourth-order valence-electron chi connectivity index (χ4n) is 1.57. The second kappa shape index (κ2) is 6.45. The quantitative estimate of drug-likeness (QED) is 0.920. The largest absolute Gasteiger partial charge is 0.234 e. The van der Waals surface area contributed by atoms with E-state index in [2.05, 4.69) is 4.72 Å². The van der Waals surface area contributed by atoms with Gasteiger partial charge in [-0.15, -0.1) is 0 Å². The van der Waals surface area contributed by atoms with Crippen molar-refractivity contribution in [2.75, 3.05) is 0 Å². The smallest absolute Gasteiger partial charge is 0.208 e. The van der Waals surface area contributed by atoms with Crippen LogP contribution in [-0.2, 0) is 16.6 Å². The maximum atomic E-state index is 12.7. The van der Waals surface area contributed by atoms with Gasteiger partial charge in [-0.1, -0.05) is 42.5 Å². The van der Waals surface area contributed by atoms with Crippen LogP contribution < -0.4 is 4.72 Å². The zero-order valence-corrected chi connectivity index (χ0v) is 11.5. The lowest BCUT2D eigenvalue weighted by Crippen LogP contribution is -2.20. The Morgan fingerprint density at radius 1 is 1.00 bits per heavy atom. The summed E-state index contributed by atoms with van der Waals surface area (Å²) in [6.45, 7) is 0.127. The van der Waals surface area contributed by atoms with Gasteiger partial charge in [0.15, 0.2) is 0 Å². The molecule has 0 amide bonds. The molecule has 0 aliphatic carbocycles. The summed E-state index contributed by atoms with van der Waals surface area (Å²) >= 11 is 0. The van der Waals surface area contributed by atoms with Gasteiger partial charge in [-0.2, -0.15) is 0 Å². The molecular weight excluding hydrogens is 277 g/mol. The molecule has 0 radical (unpaired) electrons. The fraction of sp³-hybridized carbons (Fsp3) is 0.0667. The topological polar surface area (TPSA) is 46.2 Å². The summed E-state index contributed by atoms with van der Waals surface area (Å²) in [6, 6.07) is 14.8. The highest BCUT2D eigenvalue weighted by atomic mass is 32.2. The standard InChI is InChI=1S/C15H14FNO2S/c16-15-8-6-14(7-9-15)12-17-20(18,19)11-10-13-4-2-1-3-5-13/h1-11,17H,12H2/b11-10+. The van der Waals surface area contributed by atoms with Crippen molar-refractivity contribution in [2.24, 2.45) is 0 Å². The molecule has 0 atom stereocenters. The van der Waals surface area contributed by atoms with Crippen LogP contribution in [0.25, 0.3) is 6.08 Å². The molecule has 5 heteroatoms. The number of hydrogen-bond acceptors (Lipinski definition) is 2. The summed E-state index contributed by atoms with van der Waals surface area (Å²) < 4.78 is 38.7. The number of nitrogens with one attached hydrogen (secondary N) is 1. The maximum Gasteiger partial charge on any atom is 0.234 e. The highest BCUT2D eigenvalue weighted by Crippen LogP contribution is 2.05. The Morgan fingerprint density at radius 3 is 2.30 bits per heavy atom. The van der Waals surface area contributed by atoms with E-state index in [4.69, 9.17) is 0 Å². The summed E-state index contributed by atoms with van der Waals surface area (Å²) in [6.07, 6.45) is 1.52. The van der Waals surface area contributed by atoms with Crippen molar-refractivity contribution in [3.8, 4) is 0 Å². The second-order valence-corrected chi connectivity index (χ2v) is 5.86. The van der Waals surface area contributed by atoms with Gasteiger partial charge >= 0.3 is 0 Å². The molecule has 1 N–H and O–H groups in total. The van der Waals surface area contributed by atoms with Crippen LogP contribution in [0.1, 0.15) is 11.1 Å². The van der Waals surface area contributed by atoms with Crippen molar-refractivity contribution in [3.63, 3.8) is 0 Å². The summed E-state index contributed by atoms with van der Waals surface area (Å²) in [4.78, 5) is 0. The molecule has 104 valence electrons. The number of sulfonamides is 1. The predicted octanol–water partition coefficient (Wildman–Crippen LogP) is 2.92. The Hall–Kier alpha value is -1.98. The minimum Gasteiger partial charge on any atom is -0.208 e. The monoisotopic (exact) mass is 291 g/mol. The first-order valence-electron chi connectivity index (χ1n) is 6.02. The third-order valence-electron chi connectivity index (χ3n) is 2.63. The summed E-state index contributed by atoms with van der Waals surface area (Å²) in [7, 11) is -3.51. The Balaban J connectivity index is 1.97. The second-order valence-electron chi connectivity index (χ2n) is 4.21. The zero-order valence-electron chi connectivity index (χ0n) is 10.7. The molecule has 0 spiro atoms. The lowest BCUT2D eigenvalue weighted by Gasteiger charge is -2.03. The molecule has 0 unspecified atom stereocenters. The van der Waals surface area contributed by atoms with Crippen molar-refractivity contribution < 1.29 is 12.8 Å². The molecule has 20 heavy (non-hydrogen) atoms. The minimum atomic E-state index is -3.51. The van der Waals surface area contributed by atoms with Gasteiger partial charge in [0.05, 0.1) is 0 Å². The van der Waals surface area contributed by atoms with Crippen molar-refractivity contribution in [3.05, 3.63) is 76.9 Å². The number of rotatable bonds is 5. The number of hydrogen-bond donors (Lipinski definition) is 1. The third kappa shape index (κ3) is 4.60. The van der Waals surface area contributed by atoms with Crippen molar-refractivity contribution in [1.29, 1.82) is 0 Å². The Kier molecular flexibility index (Phi) is 4.65. The van der Waals surface area contributed by atoms with Crippen LogP contribution in [0, 0.1) is 5.82 Å². The van der Waals surface area contributed by atoms with Crippen LogP contribution in [0.4, 0.5) is 4.39 Å². The van der Waals surface area contributed by atoms with Crippen molar-refractivity contribution in [2.45, 2.75) is 6.54 Å². The van der Waals surface area contributed by atoms with Gasteiger partial charge in [0.2, 0.25) is 10.0 Å². The number of benzene rings is 2. The van der Waals surface area contributed by atoms with Crippen molar-refractivity contribution >= 4 is 16.1 Å². The summed E-state index contributed by atoms with van der Waals surface area (Å²) in [5, 5.41) is 1.12. The fourth-order valence-corrected chi connectivity index (χ4v) is 2.37. The molecule has 2 aromatic carbocycles. The van der Waals surface area contributed by atoms with E-state index in [0.29, 0.717) is 5.56 Å². The third-order valence-corrected chi connectivity index (χ3v) is 3.67. The molecule has 0 heterocycles. The van der Waals surface area contributed by atoms with Crippen LogP contribution in [0.15, 0.2) is 60.0 Å². The van der Waals surface area contributed by atoms with E-state index in [9.17, 15) is 12.8 Å².